The third-order valence-electron chi connectivity index (χ3n) is 6.66. The average molecular weight is 649 g/mol. The van der Waals surface area contributed by atoms with Gasteiger partial charge in [0.1, 0.15) is 17.1 Å². The molecule has 1 aromatic carbocycles. The zero-order valence-corrected chi connectivity index (χ0v) is 25.9. The number of benzene rings is 1. The third-order valence-corrected chi connectivity index (χ3v) is 6.66. The summed E-state index contributed by atoms with van der Waals surface area (Å²) < 4.78 is 80.7. The number of hydrogen-bond acceptors (Lipinski definition) is 9. The number of alkyl halides is 3. The van der Waals surface area contributed by atoms with Gasteiger partial charge in [-0.2, -0.15) is 18.3 Å². The normalized spacial score (nSPS) is 11.9. The standard InChI is InChI=1S/C29H31F5N8O2.C2H6/c1-16(6-10-37-11-8-35)44-28-20(15-43)26(39-14-18-7-12-42(41-18)22-5-3-4-9-38-22)25(31)27(40-28)19-13-21(36)24(30)17(2)23(19)29(32,33)34;1-2/h3-5,7,9,12-13,15-16,37H,6,8,10-11,14,35-36H2,1-2H3,(H,39,40);1-2H3. The number of pyridine rings is 2. The maximum Gasteiger partial charge on any atom is 0.417 e. The van der Waals surface area contributed by atoms with Crippen molar-refractivity contribution in [1.29, 1.82) is 0 Å². The van der Waals surface area contributed by atoms with Crippen LogP contribution in [0.4, 0.5) is 33.3 Å². The van der Waals surface area contributed by atoms with Crippen molar-refractivity contribution in [3.8, 4) is 23.0 Å². The van der Waals surface area contributed by atoms with E-state index in [0.29, 0.717) is 49.9 Å². The Bertz CT molecular complexity index is 1610. The lowest BCUT2D eigenvalue weighted by molar-refractivity contribution is -0.137. The number of anilines is 2. The van der Waals surface area contributed by atoms with Gasteiger partial charge in [0.2, 0.25) is 5.88 Å². The molecule has 0 saturated heterocycles. The van der Waals surface area contributed by atoms with Crippen molar-refractivity contribution < 1.29 is 31.5 Å². The van der Waals surface area contributed by atoms with Gasteiger partial charge in [0.25, 0.3) is 0 Å². The molecule has 248 valence electrons. The van der Waals surface area contributed by atoms with E-state index >= 15 is 4.39 Å². The second-order valence-corrected chi connectivity index (χ2v) is 9.86. The van der Waals surface area contributed by atoms with Crippen molar-refractivity contribution in [2.45, 2.75) is 52.9 Å². The Labute approximate surface area is 263 Å². The Kier molecular flexibility index (Phi) is 12.5. The smallest absolute Gasteiger partial charge is 0.417 e. The summed E-state index contributed by atoms with van der Waals surface area (Å²) in [5.41, 5.74) is 6.13. The van der Waals surface area contributed by atoms with Crippen molar-refractivity contribution in [3.05, 3.63) is 76.7 Å². The van der Waals surface area contributed by atoms with Gasteiger partial charge in [-0.1, -0.05) is 19.9 Å². The minimum Gasteiger partial charge on any atom is -0.474 e. The molecule has 6 N–H and O–H groups in total. The molecular weight excluding hydrogens is 611 g/mol. The molecule has 0 aliphatic carbocycles. The first kappa shape index (κ1) is 35.8. The second kappa shape index (κ2) is 16.1. The number of hydrogen-bond donors (Lipinski definition) is 4. The fourth-order valence-corrected chi connectivity index (χ4v) is 4.51. The molecule has 4 aromatic rings. The molecule has 10 nitrogen and oxygen atoms in total. The monoisotopic (exact) mass is 648 g/mol. The minimum absolute atomic E-state index is 0.143. The van der Waals surface area contributed by atoms with Crippen LogP contribution in [-0.2, 0) is 12.7 Å². The van der Waals surface area contributed by atoms with E-state index in [9.17, 15) is 22.4 Å². The van der Waals surface area contributed by atoms with E-state index < -0.39 is 63.6 Å². The van der Waals surface area contributed by atoms with Gasteiger partial charge < -0.3 is 26.8 Å². The molecule has 15 heteroatoms. The van der Waals surface area contributed by atoms with Crippen LogP contribution in [0.3, 0.4) is 0 Å². The van der Waals surface area contributed by atoms with Gasteiger partial charge in [-0.05, 0) is 56.6 Å². The van der Waals surface area contributed by atoms with Crippen molar-refractivity contribution in [1.82, 2.24) is 25.1 Å². The molecule has 0 radical (unpaired) electrons. The molecule has 0 fully saturated rings. The largest absolute Gasteiger partial charge is 0.474 e. The Morgan fingerprint density at radius 1 is 1.13 bits per heavy atom. The third kappa shape index (κ3) is 8.34. The number of nitrogen functional groups attached to an aromatic ring is 1. The summed E-state index contributed by atoms with van der Waals surface area (Å²) in [6.45, 7) is 7.82. The first-order valence-electron chi connectivity index (χ1n) is 14.6. The van der Waals surface area contributed by atoms with Gasteiger partial charge in [-0.25, -0.2) is 23.4 Å². The highest BCUT2D eigenvalue weighted by Crippen LogP contribution is 2.44. The number of ether oxygens (including phenoxy) is 1. The summed E-state index contributed by atoms with van der Waals surface area (Å²) >= 11 is 0. The highest BCUT2D eigenvalue weighted by atomic mass is 19.4. The lowest BCUT2D eigenvalue weighted by Crippen LogP contribution is -2.27. The van der Waals surface area contributed by atoms with Crippen LogP contribution in [0.5, 0.6) is 5.88 Å². The quantitative estimate of drug-likeness (QED) is 0.0623. The predicted molar refractivity (Wildman–Crippen MR) is 166 cm³/mol. The van der Waals surface area contributed by atoms with E-state index in [0.717, 1.165) is 6.92 Å². The van der Waals surface area contributed by atoms with E-state index in [4.69, 9.17) is 16.2 Å². The van der Waals surface area contributed by atoms with Crippen molar-refractivity contribution in [3.63, 3.8) is 0 Å². The summed E-state index contributed by atoms with van der Waals surface area (Å²) in [6, 6.07) is 7.50. The van der Waals surface area contributed by atoms with Gasteiger partial charge >= 0.3 is 6.18 Å². The van der Waals surface area contributed by atoms with Crippen LogP contribution in [0.15, 0.2) is 42.7 Å². The second-order valence-electron chi connectivity index (χ2n) is 9.86. The van der Waals surface area contributed by atoms with Crippen LogP contribution in [0.1, 0.15) is 54.4 Å². The van der Waals surface area contributed by atoms with Gasteiger partial charge in [0, 0.05) is 31.0 Å². The highest BCUT2D eigenvalue weighted by Gasteiger charge is 2.39. The molecule has 0 bridgehead atoms. The molecular formula is C31H37F5N8O2. The summed E-state index contributed by atoms with van der Waals surface area (Å²) in [4.78, 5) is 20.5. The summed E-state index contributed by atoms with van der Waals surface area (Å²) in [5, 5.41) is 10.2. The number of carbonyl (C=O) groups is 1. The van der Waals surface area contributed by atoms with Crippen LogP contribution >= 0.6 is 0 Å². The number of nitrogens with one attached hydrogen (secondary N) is 2. The Morgan fingerprint density at radius 3 is 2.50 bits per heavy atom. The van der Waals surface area contributed by atoms with Crippen molar-refractivity contribution in [2.75, 3.05) is 30.7 Å². The van der Waals surface area contributed by atoms with Gasteiger partial charge in [-0.15, -0.1) is 0 Å². The van der Waals surface area contributed by atoms with Gasteiger partial charge in [0.05, 0.1) is 35.3 Å². The van der Waals surface area contributed by atoms with E-state index in [1.807, 2.05) is 13.8 Å². The number of aromatic nitrogens is 4. The number of nitrogens with zero attached hydrogens (tertiary/aromatic N) is 4. The molecule has 4 rings (SSSR count). The first-order chi connectivity index (χ1) is 22.0. The number of carbonyl (C=O) groups excluding carboxylic acids is 1. The van der Waals surface area contributed by atoms with E-state index in [-0.39, 0.29) is 12.1 Å². The molecule has 0 aliphatic heterocycles. The highest BCUT2D eigenvalue weighted by molar-refractivity contribution is 5.90. The molecule has 3 heterocycles. The first-order valence-corrected chi connectivity index (χ1v) is 14.6. The lowest BCUT2D eigenvalue weighted by Gasteiger charge is -2.22. The van der Waals surface area contributed by atoms with E-state index in [1.165, 1.54) is 4.68 Å². The van der Waals surface area contributed by atoms with E-state index in [2.05, 4.69) is 25.7 Å². The number of aldehydes is 1. The van der Waals surface area contributed by atoms with Crippen LogP contribution in [0.2, 0.25) is 0 Å². The lowest BCUT2D eigenvalue weighted by atomic mass is 9.95. The molecule has 1 atom stereocenters. The zero-order valence-electron chi connectivity index (χ0n) is 25.9. The van der Waals surface area contributed by atoms with Crippen LogP contribution < -0.4 is 26.8 Å². The van der Waals surface area contributed by atoms with Crippen molar-refractivity contribution >= 4 is 17.7 Å². The summed E-state index contributed by atoms with van der Waals surface area (Å²) in [7, 11) is 0. The summed E-state index contributed by atoms with van der Waals surface area (Å²) in [6.07, 6.45) is -1.82. The average Bonchev–Trinajstić information content (AvgIpc) is 3.51. The molecule has 0 saturated carbocycles. The van der Waals surface area contributed by atoms with Crippen LogP contribution in [0.25, 0.3) is 17.1 Å². The molecule has 1 unspecified atom stereocenters. The fraction of sp³-hybridized carbons (Fsp3) is 0.355. The maximum atomic E-state index is 16.2. The number of nitrogens with two attached hydrogens (primary N) is 2. The SMILES string of the molecule is CC.Cc1c(F)c(N)cc(-c2nc(OC(C)CCNCCN)c(C=O)c(NCc3ccn(-c4ccccn4)n3)c2F)c1C(F)(F)F. The van der Waals surface area contributed by atoms with Gasteiger partial charge in [-0.3, -0.25) is 4.79 Å². The Balaban J connectivity index is 0.00000282. The number of rotatable bonds is 13. The maximum absolute atomic E-state index is 16.2. The molecule has 0 spiro atoms. The van der Waals surface area contributed by atoms with Crippen LogP contribution in [0, 0.1) is 18.6 Å². The molecule has 46 heavy (non-hydrogen) atoms. The van der Waals surface area contributed by atoms with Crippen LogP contribution in [-0.4, -0.2) is 51.8 Å². The number of halogens is 5. The topological polar surface area (TPSA) is 146 Å². The fourth-order valence-electron chi connectivity index (χ4n) is 4.51. The zero-order chi connectivity index (χ0) is 34.0. The Hall–Kier alpha value is -4.63. The van der Waals surface area contributed by atoms with Gasteiger partial charge in [0.15, 0.2) is 17.9 Å². The summed E-state index contributed by atoms with van der Waals surface area (Å²) in [5.74, 6) is -2.49. The molecule has 3 aromatic heterocycles. The predicted octanol–water partition coefficient (Wildman–Crippen LogP) is 5.67. The van der Waals surface area contributed by atoms with Crippen molar-refractivity contribution in [2.24, 2.45) is 5.73 Å². The Morgan fingerprint density at radius 2 is 1.87 bits per heavy atom. The van der Waals surface area contributed by atoms with E-state index in [1.54, 1.807) is 43.6 Å². The molecule has 0 amide bonds. The molecule has 0 aliphatic rings. The minimum atomic E-state index is -5.10.